The van der Waals surface area contributed by atoms with Crippen LogP contribution in [0.25, 0.3) is 0 Å². The average molecular weight is 327 g/mol. The second-order valence-corrected chi connectivity index (χ2v) is 5.68. The molecule has 0 bridgehead atoms. The summed E-state index contributed by atoms with van der Waals surface area (Å²) < 4.78 is 5.74. The molecule has 0 aliphatic heterocycles. The number of hydrogen-bond donors (Lipinski definition) is 2. The van der Waals surface area contributed by atoms with Crippen LogP contribution in [-0.2, 0) is 0 Å². The molecule has 0 aliphatic carbocycles. The minimum absolute atomic E-state index is 0.0877. The van der Waals surface area contributed by atoms with E-state index in [0.717, 1.165) is 11.3 Å². The molecule has 2 rings (SSSR count). The lowest BCUT2D eigenvalue weighted by molar-refractivity contribution is 0.0697. The largest absolute Gasteiger partial charge is 0.491 e. The SMILES string of the molecule is CC(C)c1ccccc1OCCNC(=O)c1cccc(C(=O)O)c1. The Kier molecular flexibility index (Phi) is 5.95. The van der Waals surface area contributed by atoms with E-state index in [2.05, 4.69) is 19.2 Å². The normalized spacial score (nSPS) is 10.5. The molecule has 24 heavy (non-hydrogen) atoms. The van der Waals surface area contributed by atoms with Crippen molar-refractivity contribution >= 4 is 11.9 Å². The number of ether oxygens (including phenoxy) is 1. The fourth-order valence-electron chi connectivity index (χ4n) is 2.31. The highest BCUT2D eigenvalue weighted by Crippen LogP contribution is 2.25. The number of carbonyl (C=O) groups is 2. The van der Waals surface area contributed by atoms with Crippen LogP contribution in [-0.4, -0.2) is 30.1 Å². The van der Waals surface area contributed by atoms with Gasteiger partial charge in [-0.1, -0.05) is 38.1 Å². The average Bonchev–Trinajstić information content (AvgIpc) is 2.58. The van der Waals surface area contributed by atoms with Crippen LogP contribution >= 0.6 is 0 Å². The molecule has 2 aromatic rings. The first kappa shape index (κ1) is 17.5. The minimum atomic E-state index is -1.06. The summed E-state index contributed by atoms with van der Waals surface area (Å²) in [4.78, 5) is 23.0. The van der Waals surface area contributed by atoms with Gasteiger partial charge in [-0.25, -0.2) is 4.79 Å². The molecule has 5 nitrogen and oxygen atoms in total. The maximum atomic E-state index is 12.0. The Morgan fingerprint density at radius 1 is 1.08 bits per heavy atom. The van der Waals surface area contributed by atoms with Gasteiger partial charge in [0.2, 0.25) is 0 Å². The van der Waals surface area contributed by atoms with E-state index in [-0.39, 0.29) is 11.5 Å². The van der Waals surface area contributed by atoms with Gasteiger partial charge in [0.1, 0.15) is 12.4 Å². The highest BCUT2D eigenvalue weighted by molar-refractivity contribution is 5.97. The third kappa shape index (κ3) is 4.59. The van der Waals surface area contributed by atoms with E-state index < -0.39 is 5.97 Å². The molecule has 0 aromatic heterocycles. The van der Waals surface area contributed by atoms with Crippen molar-refractivity contribution in [2.75, 3.05) is 13.2 Å². The number of hydrogen-bond acceptors (Lipinski definition) is 3. The molecule has 0 spiro atoms. The third-order valence-electron chi connectivity index (χ3n) is 3.56. The molecule has 0 unspecified atom stereocenters. The highest BCUT2D eigenvalue weighted by atomic mass is 16.5. The van der Waals surface area contributed by atoms with Gasteiger partial charge in [-0.15, -0.1) is 0 Å². The van der Waals surface area contributed by atoms with Crippen molar-refractivity contribution < 1.29 is 19.4 Å². The van der Waals surface area contributed by atoms with Crippen molar-refractivity contribution in [3.8, 4) is 5.75 Å². The first-order valence-electron chi connectivity index (χ1n) is 7.82. The number of nitrogens with one attached hydrogen (secondary N) is 1. The molecule has 0 saturated heterocycles. The van der Waals surface area contributed by atoms with Crippen molar-refractivity contribution in [2.24, 2.45) is 0 Å². The number of benzene rings is 2. The number of carboxylic acid groups (broad SMARTS) is 1. The fourth-order valence-corrected chi connectivity index (χ4v) is 2.31. The van der Waals surface area contributed by atoms with Crippen LogP contribution in [0.3, 0.4) is 0 Å². The van der Waals surface area contributed by atoms with Crippen LogP contribution in [0.5, 0.6) is 5.75 Å². The predicted octanol–water partition coefficient (Wildman–Crippen LogP) is 3.32. The van der Waals surface area contributed by atoms with Gasteiger partial charge in [-0.2, -0.15) is 0 Å². The fraction of sp³-hybridized carbons (Fsp3) is 0.263. The first-order valence-corrected chi connectivity index (χ1v) is 7.82. The van der Waals surface area contributed by atoms with Crippen LogP contribution in [0.4, 0.5) is 0 Å². The van der Waals surface area contributed by atoms with Crippen molar-refractivity contribution in [1.29, 1.82) is 0 Å². The second-order valence-electron chi connectivity index (χ2n) is 5.68. The quantitative estimate of drug-likeness (QED) is 0.765. The zero-order chi connectivity index (χ0) is 17.5. The summed E-state index contributed by atoms with van der Waals surface area (Å²) in [7, 11) is 0. The zero-order valence-electron chi connectivity index (χ0n) is 13.8. The number of carboxylic acids is 1. The van der Waals surface area contributed by atoms with Crippen molar-refractivity contribution in [1.82, 2.24) is 5.32 Å². The van der Waals surface area contributed by atoms with E-state index in [4.69, 9.17) is 9.84 Å². The monoisotopic (exact) mass is 327 g/mol. The zero-order valence-corrected chi connectivity index (χ0v) is 13.8. The second kappa shape index (κ2) is 8.15. The van der Waals surface area contributed by atoms with Gasteiger partial charge in [0.05, 0.1) is 12.1 Å². The summed E-state index contributed by atoms with van der Waals surface area (Å²) in [6.07, 6.45) is 0. The van der Waals surface area contributed by atoms with Gasteiger partial charge in [0.25, 0.3) is 5.91 Å². The maximum absolute atomic E-state index is 12.0. The van der Waals surface area contributed by atoms with Crippen LogP contribution < -0.4 is 10.1 Å². The van der Waals surface area contributed by atoms with Gasteiger partial charge in [0, 0.05) is 5.56 Å². The molecule has 2 aromatic carbocycles. The Labute approximate surface area is 141 Å². The van der Waals surface area contributed by atoms with E-state index in [1.54, 1.807) is 12.1 Å². The van der Waals surface area contributed by atoms with Crippen molar-refractivity contribution in [3.05, 3.63) is 65.2 Å². The number of rotatable bonds is 7. The van der Waals surface area contributed by atoms with E-state index in [9.17, 15) is 9.59 Å². The minimum Gasteiger partial charge on any atom is -0.491 e. The summed E-state index contributed by atoms with van der Waals surface area (Å²) in [5, 5.41) is 11.7. The lowest BCUT2D eigenvalue weighted by atomic mass is 10.0. The molecular weight excluding hydrogens is 306 g/mol. The maximum Gasteiger partial charge on any atom is 0.335 e. The molecule has 0 radical (unpaired) electrons. The predicted molar refractivity (Wildman–Crippen MR) is 91.8 cm³/mol. The van der Waals surface area contributed by atoms with Crippen LogP contribution in [0, 0.1) is 0 Å². The number of carbonyl (C=O) groups excluding carboxylic acids is 1. The molecule has 0 heterocycles. The topological polar surface area (TPSA) is 75.6 Å². The van der Waals surface area contributed by atoms with E-state index in [1.165, 1.54) is 12.1 Å². The van der Waals surface area contributed by atoms with E-state index >= 15 is 0 Å². The Hall–Kier alpha value is -2.82. The lowest BCUT2D eigenvalue weighted by Gasteiger charge is -2.14. The van der Waals surface area contributed by atoms with Gasteiger partial charge in [-0.05, 0) is 35.7 Å². The number of amides is 1. The van der Waals surface area contributed by atoms with Gasteiger partial charge in [0.15, 0.2) is 0 Å². The standard InChI is InChI=1S/C19H21NO4/c1-13(2)16-8-3-4-9-17(16)24-11-10-20-18(21)14-6-5-7-15(12-14)19(22)23/h3-9,12-13H,10-11H2,1-2H3,(H,20,21)(H,22,23). The van der Waals surface area contributed by atoms with Crippen LogP contribution in [0.1, 0.15) is 46.0 Å². The molecule has 0 aliphatic rings. The molecule has 0 atom stereocenters. The van der Waals surface area contributed by atoms with E-state index in [0.29, 0.717) is 24.6 Å². The summed E-state index contributed by atoms with van der Waals surface area (Å²) >= 11 is 0. The summed E-state index contributed by atoms with van der Waals surface area (Å²) in [6, 6.07) is 13.8. The third-order valence-corrected chi connectivity index (χ3v) is 3.56. The Morgan fingerprint density at radius 3 is 2.50 bits per heavy atom. The summed E-state index contributed by atoms with van der Waals surface area (Å²) in [6.45, 7) is 4.87. The van der Waals surface area contributed by atoms with Gasteiger partial charge >= 0.3 is 5.97 Å². The van der Waals surface area contributed by atoms with Crippen molar-refractivity contribution in [3.63, 3.8) is 0 Å². The van der Waals surface area contributed by atoms with Crippen LogP contribution in [0.2, 0.25) is 0 Å². The molecule has 1 amide bonds. The highest BCUT2D eigenvalue weighted by Gasteiger charge is 2.10. The van der Waals surface area contributed by atoms with Crippen molar-refractivity contribution in [2.45, 2.75) is 19.8 Å². The number of aromatic carboxylic acids is 1. The Balaban J connectivity index is 1.88. The number of para-hydroxylation sites is 1. The summed E-state index contributed by atoms with van der Waals surface area (Å²) in [5.74, 6) is -0.207. The first-order chi connectivity index (χ1) is 11.5. The van der Waals surface area contributed by atoms with E-state index in [1.807, 2.05) is 24.3 Å². The molecular formula is C19H21NO4. The molecule has 0 saturated carbocycles. The van der Waals surface area contributed by atoms with Gasteiger partial charge in [-0.3, -0.25) is 4.79 Å². The van der Waals surface area contributed by atoms with Gasteiger partial charge < -0.3 is 15.2 Å². The molecule has 126 valence electrons. The Morgan fingerprint density at radius 2 is 1.79 bits per heavy atom. The summed E-state index contributed by atoms with van der Waals surface area (Å²) in [5.41, 5.74) is 1.53. The molecule has 5 heteroatoms. The Bertz CT molecular complexity index is 725. The van der Waals surface area contributed by atoms with Crippen LogP contribution in [0.15, 0.2) is 48.5 Å². The smallest absolute Gasteiger partial charge is 0.335 e. The molecule has 0 fully saturated rings. The molecule has 2 N–H and O–H groups in total. The lowest BCUT2D eigenvalue weighted by Crippen LogP contribution is -2.28.